The van der Waals surface area contributed by atoms with Crippen molar-refractivity contribution in [2.24, 2.45) is 10.9 Å². The van der Waals surface area contributed by atoms with Crippen LogP contribution < -0.4 is 5.32 Å². The summed E-state index contributed by atoms with van der Waals surface area (Å²) < 4.78 is 6.20. The third-order valence-electron chi connectivity index (χ3n) is 6.45. The quantitative estimate of drug-likeness (QED) is 0.558. The van der Waals surface area contributed by atoms with Crippen molar-refractivity contribution in [1.82, 2.24) is 15.1 Å². The highest BCUT2D eigenvalue weighted by Gasteiger charge is 2.30. The topological polar surface area (TPSA) is 40.1 Å². The fraction of sp³-hybridized carbons (Fsp3) is 0.708. The molecule has 1 aromatic carbocycles. The lowest BCUT2D eigenvalue weighted by Gasteiger charge is -2.32. The maximum Gasteiger partial charge on any atom is 0.193 e. The van der Waals surface area contributed by atoms with E-state index in [4.69, 9.17) is 9.73 Å². The van der Waals surface area contributed by atoms with Crippen LogP contribution in [-0.2, 0) is 4.74 Å². The second-order valence-electron chi connectivity index (χ2n) is 8.41. The highest BCUT2D eigenvalue weighted by Crippen LogP contribution is 2.34. The third-order valence-corrected chi connectivity index (χ3v) is 6.45. The SMILES string of the molecule is CCNC(=NCC1CCCOC1c1ccc(C)cc1)N1CCC(N(CC)CC)C1. The van der Waals surface area contributed by atoms with Gasteiger partial charge in [0.25, 0.3) is 0 Å². The molecule has 0 spiro atoms. The lowest BCUT2D eigenvalue weighted by Crippen LogP contribution is -2.43. The summed E-state index contributed by atoms with van der Waals surface area (Å²) in [5.74, 6) is 1.52. The first-order valence-electron chi connectivity index (χ1n) is 11.6. The van der Waals surface area contributed by atoms with Gasteiger partial charge >= 0.3 is 0 Å². The van der Waals surface area contributed by atoms with E-state index in [1.54, 1.807) is 0 Å². The van der Waals surface area contributed by atoms with Crippen LogP contribution in [0.3, 0.4) is 0 Å². The Labute approximate surface area is 177 Å². The molecule has 0 aromatic heterocycles. The lowest BCUT2D eigenvalue weighted by atomic mass is 9.89. The zero-order valence-corrected chi connectivity index (χ0v) is 18.9. The summed E-state index contributed by atoms with van der Waals surface area (Å²) in [6.45, 7) is 15.8. The van der Waals surface area contributed by atoms with Crippen LogP contribution in [0.15, 0.2) is 29.3 Å². The van der Waals surface area contributed by atoms with Gasteiger partial charge < -0.3 is 15.0 Å². The largest absolute Gasteiger partial charge is 0.373 e. The minimum atomic E-state index is 0.165. The van der Waals surface area contributed by atoms with E-state index in [9.17, 15) is 0 Å². The first kappa shape index (κ1) is 22.1. The maximum atomic E-state index is 6.20. The number of nitrogens with zero attached hydrogens (tertiary/aromatic N) is 3. The smallest absolute Gasteiger partial charge is 0.193 e. The Bertz CT molecular complexity index is 641. The number of guanidine groups is 1. The Morgan fingerprint density at radius 3 is 2.62 bits per heavy atom. The number of ether oxygens (including phenoxy) is 1. The Morgan fingerprint density at radius 1 is 1.17 bits per heavy atom. The number of likely N-dealkylation sites (tertiary alicyclic amines) is 1. The van der Waals surface area contributed by atoms with Crippen molar-refractivity contribution in [3.05, 3.63) is 35.4 Å². The van der Waals surface area contributed by atoms with Crippen molar-refractivity contribution in [1.29, 1.82) is 0 Å². The molecular formula is C24H40N4O. The number of aryl methyl sites for hydroxylation is 1. The molecule has 5 heteroatoms. The van der Waals surface area contributed by atoms with E-state index in [-0.39, 0.29) is 6.10 Å². The third kappa shape index (κ3) is 5.73. The summed E-state index contributed by atoms with van der Waals surface area (Å²) in [6, 6.07) is 9.47. The number of hydrogen-bond donors (Lipinski definition) is 1. The zero-order chi connectivity index (χ0) is 20.6. The molecule has 1 N–H and O–H groups in total. The van der Waals surface area contributed by atoms with E-state index < -0.39 is 0 Å². The molecule has 0 aliphatic carbocycles. The normalized spacial score (nSPS) is 25.6. The van der Waals surface area contributed by atoms with Gasteiger partial charge in [0.1, 0.15) is 0 Å². The summed E-state index contributed by atoms with van der Waals surface area (Å²) in [5.41, 5.74) is 2.59. The fourth-order valence-corrected chi connectivity index (χ4v) is 4.76. The van der Waals surface area contributed by atoms with Crippen LogP contribution in [0, 0.1) is 12.8 Å². The molecule has 1 aromatic rings. The number of nitrogens with one attached hydrogen (secondary N) is 1. The Morgan fingerprint density at radius 2 is 1.93 bits per heavy atom. The van der Waals surface area contributed by atoms with Gasteiger partial charge in [-0.05, 0) is 51.8 Å². The van der Waals surface area contributed by atoms with E-state index >= 15 is 0 Å². The molecule has 162 valence electrons. The molecule has 2 heterocycles. The Hall–Kier alpha value is -1.59. The van der Waals surface area contributed by atoms with E-state index in [0.717, 1.165) is 58.3 Å². The molecule has 5 nitrogen and oxygen atoms in total. The molecule has 2 fully saturated rings. The van der Waals surface area contributed by atoms with Crippen LogP contribution >= 0.6 is 0 Å². The highest BCUT2D eigenvalue weighted by molar-refractivity contribution is 5.80. The first-order chi connectivity index (χ1) is 14.2. The van der Waals surface area contributed by atoms with Crippen molar-refractivity contribution in [2.45, 2.75) is 59.1 Å². The van der Waals surface area contributed by atoms with Gasteiger partial charge in [0, 0.05) is 44.7 Å². The van der Waals surface area contributed by atoms with Gasteiger partial charge in [-0.25, -0.2) is 0 Å². The zero-order valence-electron chi connectivity index (χ0n) is 18.9. The van der Waals surface area contributed by atoms with Crippen molar-refractivity contribution in [3.8, 4) is 0 Å². The van der Waals surface area contributed by atoms with Gasteiger partial charge in [-0.15, -0.1) is 0 Å². The predicted octanol–water partition coefficient (Wildman–Crippen LogP) is 3.84. The molecule has 29 heavy (non-hydrogen) atoms. The van der Waals surface area contributed by atoms with Crippen LogP contribution in [0.5, 0.6) is 0 Å². The van der Waals surface area contributed by atoms with Gasteiger partial charge in [0.2, 0.25) is 0 Å². The number of hydrogen-bond acceptors (Lipinski definition) is 3. The number of aliphatic imine (C=N–C) groups is 1. The summed E-state index contributed by atoms with van der Waals surface area (Å²) in [4.78, 5) is 10.1. The van der Waals surface area contributed by atoms with Gasteiger partial charge in [-0.1, -0.05) is 43.7 Å². The van der Waals surface area contributed by atoms with Crippen LogP contribution in [0.2, 0.25) is 0 Å². The maximum absolute atomic E-state index is 6.20. The molecule has 3 unspecified atom stereocenters. The Kier molecular flexibility index (Phi) is 8.37. The van der Waals surface area contributed by atoms with E-state index in [0.29, 0.717) is 12.0 Å². The van der Waals surface area contributed by atoms with Crippen LogP contribution in [0.1, 0.15) is 57.3 Å². The van der Waals surface area contributed by atoms with Gasteiger partial charge in [0.15, 0.2) is 5.96 Å². The number of benzene rings is 1. The van der Waals surface area contributed by atoms with Crippen LogP contribution in [0.4, 0.5) is 0 Å². The predicted molar refractivity (Wildman–Crippen MR) is 121 cm³/mol. The average Bonchev–Trinajstić information content (AvgIpc) is 3.23. The summed E-state index contributed by atoms with van der Waals surface area (Å²) in [7, 11) is 0. The molecule has 0 amide bonds. The van der Waals surface area contributed by atoms with Crippen LogP contribution in [0.25, 0.3) is 0 Å². The summed E-state index contributed by atoms with van der Waals surface area (Å²) >= 11 is 0. The molecule has 3 rings (SSSR count). The van der Waals surface area contributed by atoms with E-state index in [1.807, 2.05) is 0 Å². The Balaban J connectivity index is 1.67. The second kappa shape index (κ2) is 11.0. The molecule has 3 atom stereocenters. The van der Waals surface area contributed by atoms with Gasteiger partial charge in [-0.2, -0.15) is 0 Å². The standard InChI is InChI=1S/C24H40N4O/c1-5-25-24(28-15-14-22(18-28)27(6-2)7-3)26-17-21-9-8-16-29-23(21)20-12-10-19(4)11-13-20/h10-13,21-23H,5-9,14-18H2,1-4H3,(H,25,26). The van der Waals surface area contributed by atoms with Crippen molar-refractivity contribution < 1.29 is 4.74 Å². The minimum Gasteiger partial charge on any atom is -0.373 e. The van der Waals surface area contributed by atoms with Gasteiger partial charge in [0.05, 0.1) is 6.10 Å². The average molecular weight is 401 g/mol. The van der Waals surface area contributed by atoms with Crippen molar-refractivity contribution >= 4 is 5.96 Å². The summed E-state index contributed by atoms with van der Waals surface area (Å²) in [5, 5.41) is 3.54. The molecule has 2 aliphatic rings. The van der Waals surface area contributed by atoms with Gasteiger partial charge in [-0.3, -0.25) is 9.89 Å². The molecule has 0 radical (unpaired) electrons. The molecule has 0 saturated carbocycles. The van der Waals surface area contributed by atoms with Crippen LogP contribution in [-0.4, -0.2) is 67.7 Å². The summed E-state index contributed by atoms with van der Waals surface area (Å²) in [6.07, 6.45) is 3.71. The second-order valence-corrected chi connectivity index (χ2v) is 8.41. The number of likely N-dealkylation sites (N-methyl/N-ethyl adjacent to an activating group) is 1. The van der Waals surface area contributed by atoms with Crippen molar-refractivity contribution in [3.63, 3.8) is 0 Å². The monoisotopic (exact) mass is 400 g/mol. The van der Waals surface area contributed by atoms with Crippen molar-refractivity contribution in [2.75, 3.05) is 45.9 Å². The minimum absolute atomic E-state index is 0.165. The number of rotatable bonds is 7. The van der Waals surface area contributed by atoms with E-state index in [2.05, 4.69) is 67.1 Å². The molecule has 2 saturated heterocycles. The first-order valence-corrected chi connectivity index (χ1v) is 11.6. The molecule has 0 bridgehead atoms. The highest BCUT2D eigenvalue weighted by atomic mass is 16.5. The molecular weight excluding hydrogens is 360 g/mol. The molecule has 2 aliphatic heterocycles. The lowest BCUT2D eigenvalue weighted by molar-refractivity contribution is -0.0250. The fourth-order valence-electron chi connectivity index (χ4n) is 4.76. The van der Waals surface area contributed by atoms with E-state index in [1.165, 1.54) is 24.0 Å².